The van der Waals surface area contributed by atoms with E-state index < -0.39 is 5.54 Å². The molecule has 1 unspecified atom stereocenters. The molecule has 3 heteroatoms. The first-order valence-electron chi connectivity index (χ1n) is 8.61. The summed E-state index contributed by atoms with van der Waals surface area (Å²) in [6, 6.07) is 21.0. The van der Waals surface area contributed by atoms with Gasteiger partial charge in [0, 0.05) is 6.54 Å². The zero-order valence-electron chi connectivity index (χ0n) is 15.0. The van der Waals surface area contributed by atoms with Crippen molar-refractivity contribution in [3.8, 4) is 0 Å². The molecular weight excluding hydrogens is 326 g/mol. The van der Waals surface area contributed by atoms with Gasteiger partial charge in [0.2, 0.25) is 0 Å². The van der Waals surface area contributed by atoms with Gasteiger partial charge in [-0.2, -0.15) is 0 Å². The molecule has 1 atom stereocenters. The first-order valence-corrected chi connectivity index (χ1v) is 9.79. The Kier molecular flexibility index (Phi) is 5.26. The summed E-state index contributed by atoms with van der Waals surface area (Å²) >= 11 is -0.328. The lowest BCUT2D eigenvalue weighted by atomic mass is 9.87. The molecule has 0 aromatic heterocycles. The highest BCUT2D eigenvalue weighted by Crippen LogP contribution is 2.36. The molecule has 3 rings (SSSR count). The quantitative estimate of drug-likeness (QED) is 0.722. The summed E-state index contributed by atoms with van der Waals surface area (Å²) in [6.07, 6.45) is 5.95. The average Bonchev–Trinajstić information content (AvgIpc) is 2.65. The number of carbonyl (C=O) groups is 1. The Morgan fingerprint density at radius 3 is 1.96 bits per heavy atom. The standard InChI is InChI=1S/C22H24NOS/c1-4-23(22(3)17-11-12-18(2)21(22)24)25(19-13-7-5-8-14-19)20-15-9-6-10-16-20/h5-17H,4H2,1-3H3/q+1. The second-order valence-electron chi connectivity index (χ2n) is 6.29. The summed E-state index contributed by atoms with van der Waals surface area (Å²) in [4.78, 5) is 15.5. The van der Waals surface area contributed by atoms with Gasteiger partial charge in [-0.3, -0.25) is 4.79 Å². The zero-order valence-corrected chi connectivity index (χ0v) is 15.8. The van der Waals surface area contributed by atoms with Gasteiger partial charge < -0.3 is 0 Å². The van der Waals surface area contributed by atoms with Gasteiger partial charge in [0.1, 0.15) is 5.54 Å². The number of Topliss-reactive ketones (excluding diaryl/α,β-unsaturated/α-hetero) is 1. The van der Waals surface area contributed by atoms with Crippen LogP contribution in [-0.2, 0) is 15.9 Å². The van der Waals surface area contributed by atoms with Crippen molar-refractivity contribution >= 4 is 16.9 Å². The Labute approximate surface area is 153 Å². The summed E-state index contributed by atoms with van der Waals surface area (Å²) in [5, 5.41) is 0. The number of ketones is 1. The number of carbonyl (C=O) groups excluding carboxylic acids is 1. The molecule has 2 nitrogen and oxygen atoms in total. The van der Waals surface area contributed by atoms with Gasteiger partial charge in [-0.05, 0) is 50.6 Å². The van der Waals surface area contributed by atoms with Crippen molar-refractivity contribution < 1.29 is 4.79 Å². The van der Waals surface area contributed by atoms with E-state index in [1.807, 2.05) is 44.2 Å². The van der Waals surface area contributed by atoms with E-state index in [0.29, 0.717) is 0 Å². The highest BCUT2D eigenvalue weighted by atomic mass is 32.2. The molecule has 0 heterocycles. The smallest absolute Gasteiger partial charge is 0.186 e. The Morgan fingerprint density at radius 1 is 0.960 bits per heavy atom. The molecule has 0 saturated carbocycles. The Bertz CT molecular complexity index is 758. The van der Waals surface area contributed by atoms with Crippen molar-refractivity contribution in [3.63, 3.8) is 0 Å². The van der Waals surface area contributed by atoms with Crippen molar-refractivity contribution in [1.82, 2.24) is 4.31 Å². The average molecular weight is 351 g/mol. The van der Waals surface area contributed by atoms with E-state index >= 15 is 0 Å². The third kappa shape index (κ3) is 3.35. The van der Waals surface area contributed by atoms with Crippen LogP contribution in [0.5, 0.6) is 0 Å². The number of allylic oxidation sites excluding steroid dienone is 2. The fraction of sp³-hybridized carbons (Fsp3) is 0.227. The lowest BCUT2D eigenvalue weighted by Crippen LogP contribution is -2.54. The fourth-order valence-corrected chi connectivity index (χ4v) is 5.66. The lowest BCUT2D eigenvalue weighted by Gasteiger charge is -2.36. The minimum atomic E-state index is -0.637. The maximum atomic E-state index is 13.1. The van der Waals surface area contributed by atoms with E-state index in [2.05, 4.69) is 59.8 Å². The molecule has 0 N–H and O–H groups in total. The molecule has 128 valence electrons. The number of rotatable bonds is 5. The van der Waals surface area contributed by atoms with Crippen LogP contribution < -0.4 is 0 Å². The number of hydrogen-bond acceptors (Lipinski definition) is 2. The van der Waals surface area contributed by atoms with Gasteiger partial charge in [0.15, 0.2) is 26.7 Å². The molecule has 0 fully saturated rings. The zero-order chi connectivity index (χ0) is 17.9. The van der Waals surface area contributed by atoms with Crippen LogP contribution >= 0.6 is 0 Å². The van der Waals surface area contributed by atoms with Crippen molar-refractivity contribution in [2.45, 2.75) is 36.1 Å². The normalized spacial score (nSPS) is 20.2. The highest BCUT2D eigenvalue weighted by Gasteiger charge is 2.49. The molecule has 25 heavy (non-hydrogen) atoms. The summed E-state index contributed by atoms with van der Waals surface area (Å²) in [7, 11) is 0. The summed E-state index contributed by atoms with van der Waals surface area (Å²) in [5.74, 6) is 0.182. The van der Waals surface area contributed by atoms with E-state index in [1.165, 1.54) is 9.79 Å². The second-order valence-corrected chi connectivity index (χ2v) is 8.24. The SMILES string of the molecule is CCN([S+](c1ccccc1)c1ccccc1)C1(C)C=CC=C(C)C1=O. The predicted octanol–water partition coefficient (Wildman–Crippen LogP) is 4.80. The summed E-state index contributed by atoms with van der Waals surface area (Å²) in [5.41, 5.74) is 0.177. The maximum absolute atomic E-state index is 13.1. The van der Waals surface area contributed by atoms with Gasteiger partial charge in [-0.25, -0.2) is 0 Å². The number of likely N-dealkylation sites (N-methyl/N-ethyl adjacent to an activating group) is 1. The van der Waals surface area contributed by atoms with Gasteiger partial charge in [-0.15, -0.1) is 0 Å². The van der Waals surface area contributed by atoms with Gasteiger partial charge in [0.25, 0.3) is 0 Å². The molecule has 1 aliphatic rings. The van der Waals surface area contributed by atoms with Crippen molar-refractivity contribution in [1.29, 1.82) is 0 Å². The molecule has 0 spiro atoms. The third-order valence-electron chi connectivity index (χ3n) is 4.54. The molecule has 0 radical (unpaired) electrons. The van der Waals surface area contributed by atoms with Crippen LogP contribution in [0.1, 0.15) is 20.8 Å². The molecule has 1 aliphatic carbocycles. The predicted molar refractivity (Wildman–Crippen MR) is 105 cm³/mol. The van der Waals surface area contributed by atoms with E-state index in [9.17, 15) is 4.79 Å². The number of benzene rings is 2. The minimum Gasteiger partial charge on any atom is -0.292 e. The maximum Gasteiger partial charge on any atom is 0.186 e. The molecular formula is C22H24NOS+. The summed E-state index contributed by atoms with van der Waals surface area (Å²) in [6.45, 7) is 6.86. The van der Waals surface area contributed by atoms with Crippen LogP contribution in [0.2, 0.25) is 0 Å². The number of hydrogen-bond donors (Lipinski definition) is 0. The monoisotopic (exact) mass is 350 g/mol. The highest BCUT2D eigenvalue weighted by molar-refractivity contribution is 7.94. The van der Waals surface area contributed by atoms with E-state index in [-0.39, 0.29) is 16.9 Å². The molecule has 0 amide bonds. The second kappa shape index (κ2) is 7.42. The Morgan fingerprint density at radius 2 is 1.48 bits per heavy atom. The van der Waals surface area contributed by atoms with Gasteiger partial charge >= 0.3 is 0 Å². The van der Waals surface area contributed by atoms with Crippen LogP contribution in [0, 0.1) is 0 Å². The van der Waals surface area contributed by atoms with E-state index in [0.717, 1.165) is 12.1 Å². The molecule has 0 saturated heterocycles. The van der Waals surface area contributed by atoms with Crippen LogP contribution in [0.25, 0.3) is 0 Å². The lowest BCUT2D eigenvalue weighted by molar-refractivity contribution is -0.121. The minimum absolute atomic E-state index is 0.182. The molecule has 2 aromatic carbocycles. The van der Waals surface area contributed by atoms with E-state index in [4.69, 9.17) is 0 Å². The largest absolute Gasteiger partial charge is 0.292 e. The topological polar surface area (TPSA) is 20.3 Å². The Hall–Kier alpha value is -2.10. The van der Waals surface area contributed by atoms with Crippen LogP contribution in [-0.4, -0.2) is 22.2 Å². The van der Waals surface area contributed by atoms with Crippen LogP contribution in [0.3, 0.4) is 0 Å². The van der Waals surface area contributed by atoms with Crippen molar-refractivity contribution in [3.05, 3.63) is 84.5 Å². The van der Waals surface area contributed by atoms with Crippen molar-refractivity contribution in [2.75, 3.05) is 6.54 Å². The third-order valence-corrected chi connectivity index (χ3v) is 7.06. The molecule has 2 aromatic rings. The van der Waals surface area contributed by atoms with E-state index in [1.54, 1.807) is 0 Å². The fourth-order valence-electron chi connectivity index (χ4n) is 3.26. The van der Waals surface area contributed by atoms with Gasteiger partial charge in [-0.1, -0.05) is 58.9 Å². The molecule has 0 aliphatic heterocycles. The molecule has 0 bridgehead atoms. The Balaban J connectivity index is 2.13. The van der Waals surface area contributed by atoms with Crippen molar-refractivity contribution in [2.24, 2.45) is 0 Å². The first-order chi connectivity index (χ1) is 12.1. The first kappa shape index (κ1) is 17.7. The summed E-state index contributed by atoms with van der Waals surface area (Å²) < 4.78 is 2.33. The van der Waals surface area contributed by atoms with Crippen LogP contribution in [0.4, 0.5) is 0 Å². The number of nitrogens with zero attached hydrogens (tertiary/aromatic N) is 1. The van der Waals surface area contributed by atoms with Gasteiger partial charge in [0.05, 0.1) is 0 Å². The van der Waals surface area contributed by atoms with Crippen LogP contribution in [0.15, 0.2) is 94.3 Å².